The molecule has 0 bridgehead atoms. The second kappa shape index (κ2) is 10.1. The average Bonchev–Trinajstić information content (AvgIpc) is 2.74. The summed E-state index contributed by atoms with van der Waals surface area (Å²) in [6.45, 7) is 1.98. The van der Waals surface area contributed by atoms with E-state index in [-0.39, 0.29) is 24.1 Å². The third kappa shape index (κ3) is 5.59. The third-order valence-electron chi connectivity index (χ3n) is 3.94. The molecule has 0 amide bonds. The van der Waals surface area contributed by atoms with Crippen molar-refractivity contribution in [1.29, 1.82) is 0 Å². The molecule has 0 atom stereocenters. The van der Waals surface area contributed by atoms with Crippen molar-refractivity contribution in [1.82, 2.24) is 9.97 Å². The van der Waals surface area contributed by atoms with E-state index in [2.05, 4.69) is 20.5 Å². The van der Waals surface area contributed by atoms with Gasteiger partial charge in [0.15, 0.2) is 11.6 Å². The number of ether oxygens (including phenoxy) is 1. The molecule has 1 aliphatic rings. The third-order valence-corrected chi connectivity index (χ3v) is 4.99. The van der Waals surface area contributed by atoms with E-state index in [1.807, 2.05) is 0 Å². The fourth-order valence-electron chi connectivity index (χ4n) is 2.61. The minimum atomic E-state index is -0.534. The number of aliphatic hydroxyl groups excluding tert-OH is 1. The molecule has 29 heavy (non-hydrogen) atoms. The van der Waals surface area contributed by atoms with Crippen LogP contribution in [-0.4, -0.2) is 64.9 Å². The molecule has 0 spiro atoms. The quantitative estimate of drug-likeness (QED) is 0.284. The van der Waals surface area contributed by atoms with Gasteiger partial charge in [0.2, 0.25) is 5.95 Å². The SMILES string of the molecule is O=[N+]([O-])c1cc(C=NNc2ncc(F)c(N3CCOCC3)n2)ccc1SCCO. The van der Waals surface area contributed by atoms with Crippen LogP contribution in [0, 0.1) is 15.9 Å². The van der Waals surface area contributed by atoms with E-state index in [0.717, 1.165) is 6.20 Å². The Hall–Kier alpha value is -2.83. The number of rotatable bonds is 8. The molecule has 1 aromatic carbocycles. The second-order valence-electron chi connectivity index (χ2n) is 5.89. The molecular formula is C17H19FN6O4S. The van der Waals surface area contributed by atoms with E-state index in [1.54, 1.807) is 17.0 Å². The van der Waals surface area contributed by atoms with Crippen LogP contribution in [0.4, 0.5) is 21.8 Å². The molecule has 0 radical (unpaired) electrons. The molecule has 1 aromatic heterocycles. The molecule has 0 aliphatic carbocycles. The number of nitro groups is 1. The van der Waals surface area contributed by atoms with Crippen molar-refractivity contribution in [3.63, 3.8) is 0 Å². The predicted molar refractivity (Wildman–Crippen MR) is 107 cm³/mol. The molecule has 0 unspecified atom stereocenters. The maximum absolute atomic E-state index is 14.0. The number of halogens is 1. The Morgan fingerprint density at radius 1 is 1.45 bits per heavy atom. The van der Waals surface area contributed by atoms with Crippen LogP contribution in [0.5, 0.6) is 0 Å². The van der Waals surface area contributed by atoms with Crippen LogP contribution in [0.25, 0.3) is 0 Å². The van der Waals surface area contributed by atoms with Gasteiger partial charge in [-0.15, -0.1) is 11.8 Å². The highest BCUT2D eigenvalue weighted by Gasteiger charge is 2.18. The van der Waals surface area contributed by atoms with Crippen LogP contribution in [0.2, 0.25) is 0 Å². The predicted octanol–water partition coefficient (Wildman–Crippen LogP) is 1.89. The molecule has 2 heterocycles. The van der Waals surface area contributed by atoms with E-state index in [1.165, 1.54) is 24.0 Å². The maximum Gasteiger partial charge on any atom is 0.283 e. The van der Waals surface area contributed by atoms with Gasteiger partial charge < -0.3 is 14.7 Å². The molecule has 1 aliphatic heterocycles. The Balaban J connectivity index is 1.71. The summed E-state index contributed by atoms with van der Waals surface area (Å²) < 4.78 is 19.3. The van der Waals surface area contributed by atoms with Crippen molar-refractivity contribution >= 4 is 35.4 Å². The molecule has 1 saturated heterocycles. The van der Waals surface area contributed by atoms with Crippen molar-refractivity contribution < 1.29 is 19.2 Å². The first-order valence-corrected chi connectivity index (χ1v) is 9.73. The van der Waals surface area contributed by atoms with Gasteiger partial charge in [0.25, 0.3) is 5.69 Å². The lowest BCUT2D eigenvalue weighted by Gasteiger charge is -2.27. The highest BCUT2D eigenvalue weighted by molar-refractivity contribution is 7.99. The first-order chi connectivity index (χ1) is 14.1. The molecule has 12 heteroatoms. The van der Waals surface area contributed by atoms with Gasteiger partial charge in [0, 0.05) is 30.5 Å². The van der Waals surface area contributed by atoms with Crippen molar-refractivity contribution in [2.24, 2.45) is 5.10 Å². The van der Waals surface area contributed by atoms with E-state index in [0.29, 0.717) is 42.5 Å². The fraction of sp³-hybridized carbons (Fsp3) is 0.353. The van der Waals surface area contributed by atoms with Gasteiger partial charge in [-0.3, -0.25) is 10.1 Å². The summed E-state index contributed by atoms with van der Waals surface area (Å²) in [5.41, 5.74) is 3.04. The molecule has 2 aromatic rings. The van der Waals surface area contributed by atoms with Gasteiger partial charge in [-0.1, -0.05) is 6.07 Å². The summed E-state index contributed by atoms with van der Waals surface area (Å²) in [5, 5.41) is 24.1. The van der Waals surface area contributed by atoms with Gasteiger partial charge in [0.05, 0.1) is 42.1 Å². The molecule has 0 saturated carbocycles. The van der Waals surface area contributed by atoms with E-state index >= 15 is 0 Å². The molecule has 10 nitrogen and oxygen atoms in total. The first-order valence-electron chi connectivity index (χ1n) is 8.75. The first kappa shape index (κ1) is 20.9. The summed E-state index contributed by atoms with van der Waals surface area (Å²) in [5.74, 6) is 0.104. The number of nitrogens with one attached hydrogen (secondary N) is 1. The number of hydrogen-bond acceptors (Lipinski definition) is 10. The number of morpholine rings is 1. The Labute approximate surface area is 170 Å². The molecule has 3 rings (SSSR count). The fourth-order valence-corrected chi connectivity index (χ4v) is 3.37. The number of nitrogens with zero attached hydrogens (tertiary/aromatic N) is 5. The molecular weight excluding hydrogens is 403 g/mol. The molecule has 1 fully saturated rings. The summed E-state index contributed by atoms with van der Waals surface area (Å²) >= 11 is 1.20. The smallest absolute Gasteiger partial charge is 0.283 e. The minimum Gasteiger partial charge on any atom is -0.396 e. The lowest BCUT2D eigenvalue weighted by molar-refractivity contribution is -0.387. The Bertz CT molecular complexity index is 894. The second-order valence-corrected chi connectivity index (χ2v) is 7.03. The Morgan fingerprint density at radius 2 is 2.24 bits per heavy atom. The Morgan fingerprint density at radius 3 is 2.97 bits per heavy atom. The zero-order valence-electron chi connectivity index (χ0n) is 15.3. The number of aliphatic hydroxyl groups is 1. The number of nitro benzene ring substituents is 1. The molecule has 2 N–H and O–H groups in total. The Kier molecular flexibility index (Phi) is 7.27. The number of hydrogen-bond donors (Lipinski definition) is 2. The number of thioether (sulfide) groups is 1. The highest BCUT2D eigenvalue weighted by Crippen LogP contribution is 2.29. The highest BCUT2D eigenvalue weighted by atomic mass is 32.2. The van der Waals surface area contributed by atoms with E-state index < -0.39 is 10.7 Å². The minimum absolute atomic E-state index is 0.0694. The van der Waals surface area contributed by atoms with Crippen molar-refractivity contribution in [3.8, 4) is 0 Å². The van der Waals surface area contributed by atoms with Gasteiger partial charge in [-0.05, 0) is 6.07 Å². The van der Waals surface area contributed by atoms with Crippen LogP contribution in [0.3, 0.4) is 0 Å². The van der Waals surface area contributed by atoms with Crippen molar-refractivity contribution in [2.75, 3.05) is 49.0 Å². The van der Waals surface area contributed by atoms with Crippen LogP contribution in [-0.2, 0) is 4.74 Å². The summed E-state index contributed by atoms with van der Waals surface area (Å²) in [6, 6.07) is 4.66. The van der Waals surface area contributed by atoms with Gasteiger partial charge in [0.1, 0.15) is 0 Å². The van der Waals surface area contributed by atoms with Gasteiger partial charge in [-0.2, -0.15) is 10.1 Å². The zero-order chi connectivity index (χ0) is 20.6. The lowest BCUT2D eigenvalue weighted by Crippen LogP contribution is -2.37. The number of aromatic nitrogens is 2. The summed E-state index contributed by atoms with van der Waals surface area (Å²) in [6.07, 6.45) is 2.45. The topological polar surface area (TPSA) is 126 Å². The number of benzene rings is 1. The molecule has 154 valence electrons. The van der Waals surface area contributed by atoms with Gasteiger partial charge in [-0.25, -0.2) is 14.8 Å². The number of anilines is 2. The standard InChI is InChI=1S/C17H19FN6O4S/c18-13-11-19-17(21-16(13)23-3-6-28-7-4-23)22-20-10-12-1-2-15(29-8-5-25)14(9-12)24(26)27/h1-2,9-11,25H,3-8H2,(H,19,21,22). The summed E-state index contributed by atoms with van der Waals surface area (Å²) in [4.78, 5) is 21.0. The van der Waals surface area contributed by atoms with Crippen LogP contribution in [0.15, 0.2) is 34.4 Å². The largest absolute Gasteiger partial charge is 0.396 e. The normalized spacial score (nSPS) is 14.3. The van der Waals surface area contributed by atoms with E-state index in [9.17, 15) is 14.5 Å². The average molecular weight is 422 g/mol. The van der Waals surface area contributed by atoms with Crippen LogP contribution < -0.4 is 10.3 Å². The van der Waals surface area contributed by atoms with Crippen molar-refractivity contribution in [2.45, 2.75) is 4.90 Å². The zero-order valence-corrected chi connectivity index (χ0v) is 16.1. The van der Waals surface area contributed by atoms with Crippen molar-refractivity contribution in [3.05, 3.63) is 45.9 Å². The monoisotopic (exact) mass is 422 g/mol. The van der Waals surface area contributed by atoms with E-state index in [4.69, 9.17) is 9.84 Å². The number of hydrazone groups is 1. The van der Waals surface area contributed by atoms with Crippen LogP contribution in [0.1, 0.15) is 5.56 Å². The van der Waals surface area contributed by atoms with Crippen LogP contribution >= 0.6 is 11.8 Å². The lowest BCUT2D eigenvalue weighted by atomic mass is 10.2. The summed E-state index contributed by atoms with van der Waals surface area (Å²) in [7, 11) is 0. The maximum atomic E-state index is 14.0. The van der Waals surface area contributed by atoms with Gasteiger partial charge >= 0.3 is 0 Å².